The van der Waals surface area contributed by atoms with E-state index in [1.54, 1.807) is 0 Å². The molecule has 106 valence electrons. The van der Waals surface area contributed by atoms with Gasteiger partial charge in [-0.15, -0.1) is 0 Å². The predicted molar refractivity (Wildman–Crippen MR) is 67.2 cm³/mol. The van der Waals surface area contributed by atoms with Crippen molar-refractivity contribution in [2.45, 2.75) is 13.3 Å². The van der Waals surface area contributed by atoms with Gasteiger partial charge in [-0.1, -0.05) is 6.92 Å². The van der Waals surface area contributed by atoms with Gasteiger partial charge in [-0.25, -0.2) is 0 Å². The molecule has 8 heteroatoms. The topological polar surface area (TPSA) is 79.0 Å². The molecule has 18 heavy (non-hydrogen) atoms. The van der Waals surface area contributed by atoms with Gasteiger partial charge in [-0.2, -0.15) is 17.0 Å². The summed E-state index contributed by atoms with van der Waals surface area (Å²) >= 11 is 0. The number of nitrogens with zero attached hydrogens (tertiary/aromatic N) is 2. The van der Waals surface area contributed by atoms with Crippen LogP contribution in [0.1, 0.15) is 13.3 Å². The van der Waals surface area contributed by atoms with Gasteiger partial charge in [0.1, 0.15) is 6.54 Å². The van der Waals surface area contributed by atoms with E-state index < -0.39 is 16.2 Å². The quantitative estimate of drug-likeness (QED) is 0.632. The Morgan fingerprint density at radius 1 is 1.39 bits per heavy atom. The summed E-state index contributed by atoms with van der Waals surface area (Å²) in [5.74, 6) is -0.540. The third-order valence-corrected chi connectivity index (χ3v) is 4.72. The Hall–Kier alpha value is -0.700. The van der Waals surface area contributed by atoms with Crippen LogP contribution >= 0.6 is 0 Å². The molecule has 1 N–H and O–H groups in total. The zero-order valence-corrected chi connectivity index (χ0v) is 11.7. The van der Waals surface area contributed by atoms with Crippen molar-refractivity contribution in [3.05, 3.63) is 0 Å². The third-order valence-electron chi connectivity index (χ3n) is 2.73. The van der Waals surface area contributed by atoms with Crippen LogP contribution in [0.15, 0.2) is 0 Å². The van der Waals surface area contributed by atoms with Gasteiger partial charge in [0, 0.05) is 32.7 Å². The highest BCUT2D eigenvalue weighted by molar-refractivity contribution is 7.86. The summed E-state index contributed by atoms with van der Waals surface area (Å²) in [4.78, 5) is 11.3. The van der Waals surface area contributed by atoms with Crippen molar-refractivity contribution in [3.8, 4) is 0 Å². The second-order valence-electron chi connectivity index (χ2n) is 4.07. The lowest BCUT2D eigenvalue weighted by Gasteiger charge is -2.31. The van der Waals surface area contributed by atoms with Crippen LogP contribution in [0.2, 0.25) is 0 Å². The Balaban J connectivity index is 2.78. The highest BCUT2D eigenvalue weighted by atomic mass is 32.2. The molecule has 1 heterocycles. The number of ether oxygens (including phenoxy) is 1. The van der Waals surface area contributed by atoms with Crippen molar-refractivity contribution in [1.82, 2.24) is 13.9 Å². The lowest BCUT2D eigenvalue weighted by atomic mass is 10.4. The summed E-state index contributed by atoms with van der Waals surface area (Å²) in [6.45, 7) is 4.11. The van der Waals surface area contributed by atoms with E-state index in [1.807, 2.05) is 6.92 Å². The molecule has 0 aromatic rings. The van der Waals surface area contributed by atoms with Gasteiger partial charge in [-0.3, -0.25) is 4.79 Å². The van der Waals surface area contributed by atoms with E-state index in [2.05, 4.69) is 10.1 Å². The molecule has 0 saturated carbocycles. The zero-order valence-electron chi connectivity index (χ0n) is 10.9. The van der Waals surface area contributed by atoms with Crippen molar-refractivity contribution < 1.29 is 17.9 Å². The molecule has 0 bridgehead atoms. The van der Waals surface area contributed by atoms with E-state index in [1.165, 1.54) is 15.7 Å². The first-order valence-corrected chi connectivity index (χ1v) is 7.44. The first-order valence-electron chi connectivity index (χ1n) is 6.05. The monoisotopic (exact) mass is 279 g/mol. The molecule has 0 spiro atoms. The standard InChI is InChI=1S/C10H21N3O4S/c1-3-6-13(9-10(14)17-2)18(15,16)12-7-4-11-5-8-12/h11H,3-9H2,1-2H3. The molecule has 0 amide bonds. The van der Waals surface area contributed by atoms with Crippen LogP contribution in [0, 0.1) is 0 Å². The minimum absolute atomic E-state index is 0.226. The van der Waals surface area contributed by atoms with Crippen LogP contribution in [0.25, 0.3) is 0 Å². The third kappa shape index (κ3) is 3.91. The molecule has 0 aliphatic carbocycles. The first-order chi connectivity index (χ1) is 8.52. The van der Waals surface area contributed by atoms with E-state index in [0.717, 1.165) is 0 Å². The largest absolute Gasteiger partial charge is 0.468 e. The van der Waals surface area contributed by atoms with Crippen molar-refractivity contribution >= 4 is 16.2 Å². The summed E-state index contributed by atoms with van der Waals surface area (Å²) in [6.07, 6.45) is 0.655. The summed E-state index contributed by atoms with van der Waals surface area (Å²) in [5, 5.41) is 3.09. The fourth-order valence-electron chi connectivity index (χ4n) is 1.77. The smallest absolute Gasteiger partial charge is 0.321 e. The Morgan fingerprint density at radius 3 is 2.50 bits per heavy atom. The predicted octanol–water partition coefficient (Wildman–Crippen LogP) is -0.979. The number of rotatable bonds is 6. The summed E-state index contributed by atoms with van der Waals surface area (Å²) in [6, 6.07) is 0. The molecule has 0 aromatic carbocycles. The number of methoxy groups -OCH3 is 1. The van der Waals surface area contributed by atoms with Gasteiger partial charge in [0.05, 0.1) is 7.11 Å². The highest BCUT2D eigenvalue weighted by Crippen LogP contribution is 2.10. The number of carbonyl (C=O) groups is 1. The molecular formula is C10H21N3O4S. The minimum Gasteiger partial charge on any atom is -0.468 e. The maximum atomic E-state index is 12.3. The molecule has 0 unspecified atom stereocenters. The maximum Gasteiger partial charge on any atom is 0.321 e. The normalized spacial score (nSPS) is 17.9. The van der Waals surface area contributed by atoms with E-state index in [4.69, 9.17) is 0 Å². The van der Waals surface area contributed by atoms with Crippen molar-refractivity contribution in [2.24, 2.45) is 0 Å². The van der Waals surface area contributed by atoms with Crippen molar-refractivity contribution in [1.29, 1.82) is 0 Å². The SMILES string of the molecule is CCCN(CC(=O)OC)S(=O)(=O)N1CCNCC1. The van der Waals surface area contributed by atoms with Crippen molar-refractivity contribution in [3.63, 3.8) is 0 Å². The molecule has 0 aromatic heterocycles. The lowest BCUT2D eigenvalue weighted by molar-refractivity contribution is -0.140. The summed E-state index contributed by atoms with van der Waals surface area (Å²) in [7, 11) is -2.31. The number of carbonyl (C=O) groups excluding carboxylic acids is 1. The molecule has 0 atom stereocenters. The fraction of sp³-hybridized carbons (Fsp3) is 0.900. The summed E-state index contributed by atoms with van der Waals surface area (Å²) in [5.41, 5.74) is 0. The first kappa shape index (κ1) is 15.4. The maximum absolute atomic E-state index is 12.3. The Bertz CT molecular complexity index is 365. The van der Waals surface area contributed by atoms with Crippen LogP contribution in [-0.2, 0) is 19.7 Å². The van der Waals surface area contributed by atoms with Crippen LogP contribution in [0.4, 0.5) is 0 Å². The Morgan fingerprint density at radius 2 is 2.00 bits per heavy atom. The molecule has 1 aliphatic rings. The van der Waals surface area contributed by atoms with Gasteiger partial charge >= 0.3 is 5.97 Å². The minimum atomic E-state index is -3.57. The molecule has 1 rings (SSSR count). The Kier molecular flexibility index (Phi) is 6.00. The van der Waals surface area contributed by atoms with Crippen molar-refractivity contribution in [2.75, 3.05) is 46.4 Å². The van der Waals surface area contributed by atoms with E-state index in [0.29, 0.717) is 39.1 Å². The molecule has 1 fully saturated rings. The summed E-state index contributed by atoms with van der Waals surface area (Å²) < 4.78 is 31.8. The number of hydrogen-bond acceptors (Lipinski definition) is 5. The number of esters is 1. The second kappa shape index (κ2) is 7.03. The fourth-order valence-corrected chi connectivity index (χ4v) is 3.42. The van der Waals surface area contributed by atoms with Gasteiger partial charge < -0.3 is 10.1 Å². The molecule has 1 aliphatic heterocycles. The number of hydrogen-bond donors (Lipinski definition) is 1. The van der Waals surface area contributed by atoms with Gasteiger partial charge in [-0.05, 0) is 6.42 Å². The van der Waals surface area contributed by atoms with Gasteiger partial charge in [0.25, 0.3) is 10.2 Å². The van der Waals surface area contributed by atoms with Crippen LogP contribution in [0.3, 0.4) is 0 Å². The van der Waals surface area contributed by atoms with Gasteiger partial charge in [0.15, 0.2) is 0 Å². The van der Waals surface area contributed by atoms with Crippen LogP contribution < -0.4 is 5.32 Å². The van der Waals surface area contributed by atoms with E-state index in [9.17, 15) is 13.2 Å². The average Bonchev–Trinajstić information content (AvgIpc) is 2.39. The molecule has 0 radical (unpaired) electrons. The van der Waals surface area contributed by atoms with E-state index >= 15 is 0 Å². The zero-order chi connectivity index (χ0) is 13.6. The Labute approximate surface area is 108 Å². The number of nitrogens with one attached hydrogen (secondary N) is 1. The van der Waals surface area contributed by atoms with E-state index in [-0.39, 0.29) is 6.54 Å². The lowest BCUT2D eigenvalue weighted by Crippen LogP contribution is -2.52. The molecule has 1 saturated heterocycles. The number of piperazine rings is 1. The molecule has 7 nitrogen and oxygen atoms in total. The highest BCUT2D eigenvalue weighted by Gasteiger charge is 2.31. The average molecular weight is 279 g/mol. The second-order valence-corrected chi connectivity index (χ2v) is 5.99. The molecular weight excluding hydrogens is 258 g/mol. The van der Waals surface area contributed by atoms with Crippen LogP contribution in [0.5, 0.6) is 0 Å². The van der Waals surface area contributed by atoms with Crippen LogP contribution in [-0.4, -0.2) is 69.4 Å². The van der Waals surface area contributed by atoms with Gasteiger partial charge in [0.2, 0.25) is 0 Å².